The minimum atomic E-state index is -1.59. The van der Waals surface area contributed by atoms with Crippen molar-refractivity contribution >= 4 is 23.0 Å². The zero-order valence-electron chi connectivity index (χ0n) is 20.6. The zero-order chi connectivity index (χ0) is 26.6. The first kappa shape index (κ1) is 25.3. The van der Waals surface area contributed by atoms with Crippen LogP contribution in [0.5, 0.6) is 5.88 Å². The lowest BCUT2D eigenvalue weighted by Crippen LogP contribution is -2.50. The van der Waals surface area contributed by atoms with Gasteiger partial charge in [-0.1, -0.05) is 18.2 Å². The molecule has 2 unspecified atom stereocenters. The van der Waals surface area contributed by atoms with E-state index in [-0.39, 0.29) is 22.9 Å². The van der Waals surface area contributed by atoms with Crippen molar-refractivity contribution in [3.8, 4) is 18.0 Å². The van der Waals surface area contributed by atoms with Crippen LogP contribution < -0.4 is 9.64 Å². The van der Waals surface area contributed by atoms with Crippen LogP contribution in [-0.2, 0) is 19.8 Å². The van der Waals surface area contributed by atoms with Crippen molar-refractivity contribution in [3.05, 3.63) is 87.9 Å². The Balaban J connectivity index is 1.77. The molecule has 4 heterocycles. The van der Waals surface area contributed by atoms with Gasteiger partial charge in [0.1, 0.15) is 17.6 Å². The van der Waals surface area contributed by atoms with Gasteiger partial charge >= 0.3 is 5.97 Å². The second-order valence-electron chi connectivity index (χ2n) is 8.75. The number of carbonyl (C=O) groups is 1. The van der Waals surface area contributed by atoms with Crippen LogP contribution in [0.15, 0.2) is 67.1 Å². The molecule has 0 spiro atoms. The number of rotatable bonds is 7. The van der Waals surface area contributed by atoms with E-state index in [9.17, 15) is 15.3 Å². The zero-order valence-corrected chi connectivity index (χ0v) is 21.4. The number of nitrogens with zero attached hydrogens (tertiary/aromatic N) is 4. The lowest BCUT2D eigenvalue weighted by molar-refractivity contribution is 0.00705. The van der Waals surface area contributed by atoms with Crippen molar-refractivity contribution in [3.63, 3.8) is 0 Å². The third-order valence-corrected chi connectivity index (χ3v) is 7.91. The second-order valence-corrected chi connectivity index (χ2v) is 9.80. The van der Waals surface area contributed by atoms with Gasteiger partial charge in [0.25, 0.3) is 0 Å². The molecule has 0 bridgehead atoms. The number of hydrogen-bond donors (Lipinski definition) is 0. The molecule has 2 atom stereocenters. The van der Waals surface area contributed by atoms with Crippen LogP contribution in [-0.4, -0.2) is 51.0 Å². The van der Waals surface area contributed by atoms with E-state index in [0.29, 0.717) is 23.7 Å². The molecule has 192 valence electrons. The Labute approximate surface area is 224 Å². The van der Waals surface area contributed by atoms with Crippen LogP contribution in [0.3, 0.4) is 0 Å². The number of anilines is 1. The van der Waals surface area contributed by atoms with E-state index in [4.69, 9.17) is 18.9 Å². The molecular formula is C28H24N4O5S. The quantitative estimate of drug-likeness (QED) is 0.419. The van der Waals surface area contributed by atoms with Crippen LogP contribution >= 0.6 is 11.3 Å². The highest BCUT2D eigenvalue weighted by Crippen LogP contribution is 2.54. The SMILES string of the molecule is COC(=O)c1cc(C#N)c(C(Oc2ccccn2)(c2ccc(N3CCOCC3)cc2)C2(C#N)C=COC2)s1. The van der Waals surface area contributed by atoms with Gasteiger partial charge in [-0.05, 0) is 30.3 Å². The van der Waals surface area contributed by atoms with Crippen molar-refractivity contribution in [2.24, 2.45) is 5.41 Å². The Morgan fingerprint density at radius 3 is 2.58 bits per heavy atom. The fraction of sp³-hybridized carbons (Fsp3) is 0.286. The number of thiophene rings is 1. The molecule has 0 radical (unpaired) electrons. The Morgan fingerprint density at radius 1 is 1.18 bits per heavy atom. The number of pyridine rings is 1. The molecule has 0 amide bonds. The van der Waals surface area contributed by atoms with Crippen molar-refractivity contribution < 1.29 is 23.7 Å². The second kappa shape index (κ2) is 10.5. The van der Waals surface area contributed by atoms with E-state index in [1.165, 1.54) is 19.4 Å². The summed E-state index contributed by atoms with van der Waals surface area (Å²) in [5.74, 6) is -0.340. The highest BCUT2D eigenvalue weighted by molar-refractivity contribution is 7.14. The molecule has 1 fully saturated rings. The summed E-state index contributed by atoms with van der Waals surface area (Å²) < 4.78 is 22.7. The summed E-state index contributed by atoms with van der Waals surface area (Å²) in [7, 11) is 1.28. The third kappa shape index (κ3) is 4.24. The smallest absolute Gasteiger partial charge is 0.348 e. The highest BCUT2D eigenvalue weighted by atomic mass is 32.1. The minimum Gasteiger partial charge on any atom is -0.499 e. The van der Waals surface area contributed by atoms with Gasteiger partial charge in [0.2, 0.25) is 5.88 Å². The van der Waals surface area contributed by atoms with Crippen molar-refractivity contribution in [1.29, 1.82) is 10.5 Å². The summed E-state index contributed by atoms with van der Waals surface area (Å²) in [6.07, 6.45) is 4.69. The van der Waals surface area contributed by atoms with E-state index < -0.39 is 17.0 Å². The Bertz CT molecular complexity index is 1420. The Morgan fingerprint density at radius 2 is 1.97 bits per heavy atom. The van der Waals surface area contributed by atoms with E-state index in [1.807, 2.05) is 24.3 Å². The molecule has 3 aromatic rings. The van der Waals surface area contributed by atoms with Crippen molar-refractivity contribution in [1.82, 2.24) is 4.98 Å². The van der Waals surface area contributed by atoms with Crippen LogP contribution in [0.25, 0.3) is 0 Å². The molecular weight excluding hydrogens is 504 g/mol. The molecule has 0 saturated carbocycles. The molecule has 1 saturated heterocycles. The molecule has 9 nitrogen and oxygen atoms in total. The highest BCUT2D eigenvalue weighted by Gasteiger charge is 2.60. The standard InChI is InChI=1S/C28H24N4O5S/c1-34-26(33)23-16-20(17-29)25(38-23)28(27(18-30)9-13-36-19-27,37-24-4-2-3-10-31-24)21-5-7-22(8-6-21)32-11-14-35-15-12-32/h2-10,13,16H,11-12,14-15,19H2,1H3. The first-order chi connectivity index (χ1) is 18.6. The lowest BCUT2D eigenvalue weighted by atomic mass is 9.68. The molecule has 2 aliphatic rings. The molecule has 10 heteroatoms. The maximum atomic E-state index is 12.5. The first-order valence-corrected chi connectivity index (χ1v) is 12.7. The van der Waals surface area contributed by atoms with Gasteiger partial charge in [-0.15, -0.1) is 11.3 Å². The summed E-state index contributed by atoms with van der Waals surface area (Å²) in [4.78, 5) is 19.7. The molecule has 2 aliphatic heterocycles. The number of hydrogen-bond acceptors (Lipinski definition) is 10. The summed E-state index contributed by atoms with van der Waals surface area (Å²) >= 11 is 1.05. The van der Waals surface area contributed by atoms with E-state index in [0.717, 1.165) is 30.1 Å². The largest absolute Gasteiger partial charge is 0.499 e. The average Bonchev–Trinajstić information content (AvgIpc) is 3.65. The van der Waals surface area contributed by atoms with Crippen molar-refractivity contribution in [2.45, 2.75) is 5.60 Å². The number of carbonyl (C=O) groups excluding carboxylic acids is 1. The number of methoxy groups -OCH3 is 1. The van der Waals surface area contributed by atoms with Gasteiger partial charge in [0, 0.05) is 36.6 Å². The monoisotopic (exact) mass is 528 g/mol. The van der Waals surface area contributed by atoms with E-state index >= 15 is 0 Å². The summed E-state index contributed by atoms with van der Waals surface area (Å²) in [5, 5.41) is 20.8. The number of ether oxygens (including phenoxy) is 4. The van der Waals surface area contributed by atoms with Crippen LogP contribution in [0.1, 0.15) is 25.7 Å². The Kier molecular flexibility index (Phi) is 7.01. The molecule has 5 rings (SSSR count). The first-order valence-electron chi connectivity index (χ1n) is 11.9. The fourth-order valence-corrected chi connectivity index (χ4v) is 6.04. The van der Waals surface area contributed by atoms with Crippen LogP contribution in [0.2, 0.25) is 0 Å². The van der Waals surface area contributed by atoms with Crippen LogP contribution in [0, 0.1) is 28.1 Å². The van der Waals surface area contributed by atoms with E-state index in [1.54, 1.807) is 30.5 Å². The fourth-order valence-electron chi connectivity index (χ4n) is 4.78. The summed E-state index contributed by atoms with van der Waals surface area (Å²) in [6.45, 7) is 2.79. The van der Waals surface area contributed by atoms with Gasteiger partial charge < -0.3 is 23.8 Å². The van der Waals surface area contributed by atoms with Gasteiger partial charge in [0.05, 0.1) is 43.1 Å². The maximum absolute atomic E-state index is 12.5. The minimum absolute atomic E-state index is 0.0299. The number of esters is 1. The Hall–Kier alpha value is -4.38. The summed E-state index contributed by atoms with van der Waals surface area (Å²) in [6, 6.07) is 19.0. The predicted molar refractivity (Wildman–Crippen MR) is 139 cm³/mol. The number of aromatic nitrogens is 1. The third-order valence-electron chi connectivity index (χ3n) is 6.69. The maximum Gasteiger partial charge on any atom is 0.348 e. The van der Waals surface area contributed by atoms with Gasteiger partial charge in [-0.3, -0.25) is 0 Å². The van der Waals surface area contributed by atoms with Gasteiger partial charge in [0.15, 0.2) is 11.0 Å². The number of benzene rings is 1. The molecule has 0 N–H and O–H groups in total. The lowest BCUT2D eigenvalue weighted by Gasteiger charge is -2.42. The molecule has 2 aromatic heterocycles. The van der Waals surface area contributed by atoms with E-state index in [2.05, 4.69) is 22.0 Å². The molecule has 1 aromatic carbocycles. The average molecular weight is 529 g/mol. The number of nitriles is 2. The van der Waals surface area contributed by atoms with Crippen molar-refractivity contribution in [2.75, 3.05) is 44.9 Å². The molecule has 0 aliphatic carbocycles. The van der Waals surface area contributed by atoms with Gasteiger partial charge in [-0.25, -0.2) is 9.78 Å². The van der Waals surface area contributed by atoms with Gasteiger partial charge in [-0.2, -0.15) is 10.5 Å². The van der Waals surface area contributed by atoms with Crippen LogP contribution in [0.4, 0.5) is 5.69 Å². The number of morpholine rings is 1. The topological polar surface area (TPSA) is 118 Å². The summed E-state index contributed by atoms with van der Waals surface area (Å²) in [5.41, 5.74) is -1.19. The normalized spacial score (nSPS) is 20.0. The molecule has 38 heavy (non-hydrogen) atoms. The predicted octanol–water partition coefficient (Wildman–Crippen LogP) is 4.01.